The summed E-state index contributed by atoms with van der Waals surface area (Å²) < 4.78 is 0.988. The van der Waals surface area contributed by atoms with Crippen LogP contribution in [0.2, 0.25) is 0 Å². The molecule has 0 aliphatic rings. The van der Waals surface area contributed by atoms with Crippen molar-refractivity contribution in [3.8, 4) is 11.1 Å². The average molecular weight is 708 g/mol. The second-order valence-corrected chi connectivity index (χ2v) is 11.6. The van der Waals surface area contributed by atoms with Crippen molar-refractivity contribution in [3.63, 3.8) is 0 Å². The first-order valence-electron chi connectivity index (χ1n) is 13.9. The lowest BCUT2D eigenvalue weighted by Crippen LogP contribution is -2.35. The SMILES string of the molecule is CN[C@@H](Cc1nc2ccc(-c3cccc(N)c3)cc2c(=O)[nH]1)C(C)=O.CN[C@@H](Cc1nc2ccc(I)cc2c(=O)[nH]1)C(C)=O. The van der Waals surface area contributed by atoms with Gasteiger partial charge in [0.1, 0.15) is 23.2 Å². The molecule has 0 bridgehead atoms. The van der Waals surface area contributed by atoms with Gasteiger partial charge in [-0.2, -0.15) is 0 Å². The van der Waals surface area contributed by atoms with E-state index in [-0.39, 0.29) is 34.8 Å². The maximum atomic E-state index is 12.5. The second-order valence-electron chi connectivity index (χ2n) is 10.4. The van der Waals surface area contributed by atoms with Crippen molar-refractivity contribution in [2.24, 2.45) is 0 Å². The Morgan fingerprint density at radius 3 is 1.77 bits per heavy atom. The minimum Gasteiger partial charge on any atom is -0.399 e. The molecule has 0 amide bonds. The third-order valence-corrected chi connectivity index (χ3v) is 7.84. The van der Waals surface area contributed by atoms with Crippen LogP contribution < -0.4 is 27.5 Å². The highest BCUT2D eigenvalue weighted by Crippen LogP contribution is 2.24. The number of H-pyrrole nitrogens is 2. The Balaban J connectivity index is 0.000000209. The molecule has 11 nitrogen and oxygen atoms in total. The standard InChI is InChI=1S/C19H20N4O2.C13H14IN3O2/c1-11(24)17(21-2)10-18-22-16-7-6-13(9-15(16)19(25)23-18)12-4-3-5-14(20)8-12;1-7(18)11(15-2)6-12-16-10-4-3-8(14)5-9(10)13(19)17-12/h3-9,17,21H,10,20H2,1-2H3,(H,22,23,25);3-5,11,15H,6H2,1-2H3,(H,16,17,19)/t17-;11-/m00/s1. The number of hydrogen-bond acceptors (Lipinski definition) is 9. The monoisotopic (exact) mass is 707 g/mol. The smallest absolute Gasteiger partial charge is 0.258 e. The molecule has 0 spiro atoms. The number of rotatable bonds is 9. The molecular weight excluding hydrogens is 673 g/mol. The largest absolute Gasteiger partial charge is 0.399 e. The molecule has 0 radical (unpaired) electrons. The number of nitrogen functional groups attached to an aromatic ring is 1. The van der Waals surface area contributed by atoms with Gasteiger partial charge >= 0.3 is 0 Å². The van der Waals surface area contributed by atoms with E-state index in [1.807, 2.05) is 48.5 Å². The van der Waals surface area contributed by atoms with E-state index in [1.54, 1.807) is 26.2 Å². The maximum absolute atomic E-state index is 12.5. The van der Waals surface area contributed by atoms with E-state index >= 15 is 0 Å². The van der Waals surface area contributed by atoms with Crippen molar-refractivity contribution in [1.82, 2.24) is 30.6 Å². The van der Waals surface area contributed by atoms with E-state index in [2.05, 4.69) is 53.2 Å². The molecule has 228 valence electrons. The highest BCUT2D eigenvalue weighted by atomic mass is 127. The van der Waals surface area contributed by atoms with Gasteiger partial charge in [-0.25, -0.2) is 9.97 Å². The molecule has 3 aromatic carbocycles. The molecule has 0 saturated heterocycles. The molecule has 6 N–H and O–H groups in total. The number of Topliss-reactive ketones (excluding diaryl/α,β-unsaturated/α-hetero) is 2. The van der Waals surface area contributed by atoms with Crippen LogP contribution in [0, 0.1) is 3.57 Å². The first-order valence-corrected chi connectivity index (χ1v) is 15.0. The Bertz CT molecular complexity index is 1950. The van der Waals surface area contributed by atoms with Crippen LogP contribution >= 0.6 is 22.6 Å². The minimum atomic E-state index is -0.368. The summed E-state index contributed by atoms with van der Waals surface area (Å²) in [5, 5.41) is 6.92. The quantitative estimate of drug-likeness (QED) is 0.114. The molecule has 2 aromatic heterocycles. The van der Waals surface area contributed by atoms with Gasteiger partial charge in [0.2, 0.25) is 0 Å². The van der Waals surface area contributed by atoms with E-state index in [1.165, 1.54) is 13.8 Å². The van der Waals surface area contributed by atoms with Crippen LogP contribution in [0.1, 0.15) is 25.5 Å². The fourth-order valence-electron chi connectivity index (χ4n) is 4.72. The van der Waals surface area contributed by atoms with Crippen molar-refractivity contribution >= 4 is 61.7 Å². The van der Waals surface area contributed by atoms with E-state index in [9.17, 15) is 19.2 Å². The summed E-state index contributed by atoms with van der Waals surface area (Å²) in [6.07, 6.45) is 0.719. The molecule has 2 atom stereocenters. The number of hydrogen-bond donors (Lipinski definition) is 5. The number of aromatic amines is 2. The fourth-order valence-corrected chi connectivity index (χ4v) is 5.21. The summed E-state index contributed by atoms with van der Waals surface area (Å²) in [4.78, 5) is 61.8. The average Bonchev–Trinajstić information content (AvgIpc) is 2.99. The first-order chi connectivity index (χ1) is 21.0. The van der Waals surface area contributed by atoms with E-state index in [0.717, 1.165) is 14.7 Å². The van der Waals surface area contributed by atoms with Crippen LogP contribution in [0.3, 0.4) is 0 Å². The number of nitrogens with one attached hydrogen (secondary N) is 4. The van der Waals surface area contributed by atoms with Crippen LogP contribution in [0.5, 0.6) is 0 Å². The van der Waals surface area contributed by atoms with E-state index in [0.29, 0.717) is 52.0 Å². The van der Waals surface area contributed by atoms with Crippen molar-refractivity contribution in [1.29, 1.82) is 0 Å². The van der Waals surface area contributed by atoms with Crippen LogP contribution in [0.4, 0.5) is 5.69 Å². The van der Waals surface area contributed by atoms with Gasteiger partial charge in [-0.15, -0.1) is 0 Å². The van der Waals surface area contributed by atoms with Crippen LogP contribution in [0.25, 0.3) is 32.9 Å². The number of halogens is 1. The normalized spacial score (nSPS) is 12.4. The van der Waals surface area contributed by atoms with E-state index in [4.69, 9.17) is 5.73 Å². The molecule has 0 aliphatic heterocycles. The number of likely N-dealkylation sites (N-methyl/N-ethyl adjacent to an activating group) is 2. The van der Waals surface area contributed by atoms with E-state index < -0.39 is 0 Å². The zero-order chi connectivity index (χ0) is 32.0. The van der Waals surface area contributed by atoms with Gasteiger partial charge in [0.25, 0.3) is 11.1 Å². The predicted octanol–water partition coefficient (Wildman–Crippen LogP) is 3.14. The molecule has 2 heterocycles. The lowest BCUT2D eigenvalue weighted by molar-refractivity contribution is -0.119. The molecule has 44 heavy (non-hydrogen) atoms. The van der Waals surface area contributed by atoms with Crippen LogP contribution in [-0.2, 0) is 22.4 Å². The molecule has 0 saturated carbocycles. The third-order valence-electron chi connectivity index (χ3n) is 7.16. The third kappa shape index (κ3) is 8.01. The number of carbonyl (C=O) groups is 2. The second kappa shape index (κ2) is 14.5. The first kappa shape index (κ1) is 32.6. The number of benzene rings is 3. The van der Waals surface area contributed by atoms with Crippen molar-refractivity contribution < 1.29 is 9.59 Å². The summed E-state index contributed by atoms with van der Waals surface area (Å²) in [6.45, 7) is 3.03. The van der Waals surface area contributed by atoms with Crippen molar-refractivity contribution in [2.75, 3.05) is 19.8 Å². The Hall–Kier alpha value is -4.27. The van der Waals surface area contributed by atoms with Gasteiger partial charge in [-0.1, -0.05) is 18.2 Å². The summed E-state index contributed by atoms with van der Waals surface area (Å²) in [5.41, 5.74) is 9.20. The Labute approximate surface area is 267 Å². The van der Waals surface area contributed by atoms with Gasteiger partial charge in [0, 0.05) is 22.1 Å². The van der Waals surface area contributed by atoms with Gasteiger partial charge in [-0.05, 0) is 104 Å². The van der Waals surface area contributed by atoms with Crippen LogP contribution in [0.15, 0.2) is 70.3 Å². The van der Waals surface area contributed by atoms with Gasteiger partial charge in [-0.3, -0.25) is 19.2 Å². The number of carbonyl (C=O) groups excluding carboxylic acids is 2. The minimum absolute atomic E-state index is 0.00209. The Morgan fingerprint density at radius 2 is 1.27 bits per heavy atom. The number of ketones is 2. The fraction of sp³-hybridized carbons (Fsp3) is 0.250. The lowest BCUT2D eigenvalue weighted by Gasteiger charge is -2.12. The van der Waals surface area contributed by atoms with Crippen molar-refractivity contribution in [2.45, 2.75) is 38.8 Å². The van der Waals surface area contributed by atoms with Crippen LogP contribution in [-0.4, -0.2) is 57.7 Å². The highest BCUT2D eigenvalue weighted by molar-refractivity contribution is 14.1. The predicted molar refractivity (Wildman–Crippen MR) is 182 cm³/mol. The van der Waals surface area contributed by atoms with Gasteiger partial charge in [0.05, 0.1) is 33.9 Å². The Kier molecular flexibility index (Phi) is 10.7. The zero-order valence-electron chi connectivity index (χ0n) is 24.8. The summed E-state index contributed by atoms with van der Waals surface area (Å²) >= 11 is 2.15. The van der Waals surface area contributed by atoms with Crippen molar-refractivity contribution in [3.05, 3.63) is 96.6 Å². The topological polar surface area (TPSA) is 176 Å². The lowest BCUT2D eigenvalue weighted by atomic mass is 10.0. The summed E-state index contributed by atoms with van der Waals surface area (Å²) in [5.74, 6) is 1.03. The molecule has 12 heteroatoms. The maximum Gasteiger partial charge on any atom is 0.258 e. The van der Waals surface area contributed by atoms with Gasteiger partial charge < -0.3 is 26.3 Å². The molecule has 5 rings (SSSR count). The number of nitrogens with two attached hydrogens (primary N) is 1. The number of nitrogens with zero attached hydrogens (tertiary/aromatic N) is 2. The number of anilines is 1. The zero-order valence-corrected chi connectivity index (χ0v) is 27.0. The van der Waals surface area contributed by atoms with Gasteiger partial charge in [0.15, 0.2) is 0 Å². The molecule has 0 unspecified atom stereocenters. The molecular formula is C32H34IN7O4. The molecule has 0 aliphatic carbocycles. The number of aromatic nitrogens is 4. The molecule has 5 aromatic rings. The molecule has 0 fully saturated rings. The highest BCUT2D eigenvalue weighted by Gasteiger charge is 2.16. The summed E-state index contributed by atoms with van der Waals surface area (Å²) in [6, 6.07) is 17.8. The number of fused-ring (bicyclic) bond motifs is 2. The Morgan fingerprint density at radius 1 is 0.773 bits per heavy atom. The summed E-state index contributed by atoms with van der Waals surface area (Å²) in [7, 11) is 3.43.